The van der Waals surface area contributed by atoms with Crippen LogP contribution in [0, 0.1) is 12.8 Å². The molecule has 0 aromatic carbocycles. The fourth-order valence-electron chi connectivity index (χ4n) is 1.35. The minimum Gasteiger partial charge on any atom is -0.340 e. The van der Waals surface area contributed by atoms with Crippen molar-refractivity contribution >= 4 is 17.2 Å². The van der Waals surface area contributed by atoms with Crippen molar-refractivity contribution in [1.29, 1.82) is 0 Å². The Balaban J connectivity index is 2.45. The first-order valence-electron chi connectivity index (χ1n) is 5.38. The standard InChI is InChI=1S/C11H19N3OS/c1-8(5-12)4-11(15)14(3)6-10-7-16-9(2)13-10/h7-8H,4-6,12H2,1-3H3. The first-order valence-corrected chi connectivity index (χ1v) is 6.26. The molecular formula is C11H19N3OS. The van der Waals surface area contributed by atoms with Crippen molar-refractivity contribution < 1.29 is 4.79 Å². The third kappa shape index (κ3) is 3.90. The molecule has 0 aliphatic rings. The van der Waals surface area contributed by atoms with Gasteiger partial charge in [-0.3, -0.25) is 4.79 Å². The van der Waals surface area contributed by atoms with Crippen LogP contribution in [-0.4, -0.2) is 29.4 Å². The van der Waals surface area contributed by atoms with E-state index in [1.165, 1.54) is 0 Å². The Hall–Kier alpha value is -0.940. The van der Waals surface area contributed by atoms with Gasteiger partial charge >= 0.3 is 0 Å². The van der Waals surface area contributed by atoms with E-state index in [0.29, 0.717) is 19.5 Å². The Morgan fingerprint density at radius 2 is 2.38 bits per heavy atom. The van der Waals surface area contributed by atoms with Crippen molar-refractivity contribution in [3.05, 3.63) is 16.1 Å². The number of rotatable bonds is 5. The van der Waals surface area contributed by atoms with E-state index in [9.17, 15) is 4.79 Å². The van der Waals surface area contributed by atoms with Gasteiger partial charge in [-0.1, -0.05) is 6.92 Å². The van der Waals surface area contributed by atoms with Crippen molar-refractivity contribution in [2.24, 2.45) is 11.7 Å². The lowest BCUT2D eigenvalue weighted by atomic mass is 10.1. The molecule has 0 bridgehead atoms. The molecule has 2 N–H and O–H groups in total. The molecule has 1 aromatic heterocycles. The molecule has 0 saturated heterocycles. The topological polar surface area (TPSA) is 59.2 Å². The molecule has 0 fully saturated rings. The summed E-state index contributed by atoms with van der Waals surface area (Å²) in [6.07, 6.45) is 0.510. The maximum atomic E-state index is 11.8. The highest BCUT2D eigenvalue weighted by atomic mass is 32.1. The fourth-order valence-corrected chi connectivity index (χ4v) is 1.95. The summed E-state index contributed by atoms with van der Waals surface area (Å²) in [5, 5.41) is 3.03. The molecule has 5 heteroatoms. The molecule has 1 unspecified atom stereocenters. The number of hydrogen-bond acceptors (Lipinski definition) is 4. The molecule has 1 heterocycles. The molecule has 90 valence electrons. The van der Waals surface area contributed by atoms with Crippen molar-refractivity contribution in [2.45, 2.75) is 26.8 Å². The highest BCUT2D eigenvalue weighted by molar-refractivity contribution is 7.09. The molecule has 0 saturated carbocycles. The van der Waals surface area contributed by atoms with Crippen LogP contribution in [0.15, 0.2) is 5.38 Å². The highest BCUT2D eigenvalue weighted by Gasteiger charge is 2.13. The Morgan fingerprint density at radius 1 is 1.69 bits per heavy atom. The summed E-state index contributed by atoms with van der Waals surface area (Å²) < 4.78 is 0. The molecule has 4 nitrogen and oxygen atoms in total. The van der Waals surface area contributed by atoms with E-state index >= 15 is 0 Å². The molecule has 16 heavy (non-hydrogen) atoms. The zero-order valence-electron chi connectivity index (χ0n) is 10.1. The normalized spacial score (nSPS) is 12.5. The zero-order chi connectivity index (χ0) is 12.1. The van der Waals surface area contributed by atoms with Gasteiger partial charge < -0.3 is 10.6 Å². The third-order valence-corrected chi connectivity index (χ3v) is 3.24. The van der Waals surface area contributed by atoms with Crippen molar-refractivity contribution in [2.75, 3.05) is 13.6 Å². The van der Waals surface area contributed by atoms with Crippen LogP contribution in [0.2, 0.25) is 0 Å². The number of carbonyl (C=O) groups is 1. The Bertz CT molecular complexity index is 351. The molecule has 1 aromatic rings. The largest absolute Gasteiger partial charge is 0.340 e. The van der Waals surface area contributed by atoms with Gasteiger partial charge in [-0.25, -0.2) is 4.98 Å². The van der Waals surface area contributed by atoms with Crippen LogP contribution in [0.4, 0.5) is 0 Å². The minimum absolute atomic E-state index is 0.128. The van der Waals surface area contributed by atoms with E-state index in [0.717, 1.165) is 10.7 Å². The fraction of sp³-hybridized carbons (Fsp3) is 0.636. The summed E-state index contributed by atoms with van der Waals surface area (Å²) in [5.41, 5.74) is 6.45. The van der Waals surface area contributed by atoms with Crippen LogP contribution in [0.3, 0.4) is 0 Å². The molecule has 0 aliphatic heterocycles. The van der Waals surface area contributed by atoms with Gasteiger partial charge in [0.1, 0.15) is 0 Å². The molecule has 1 atom stereocenters. The highest BCUT2D eigenvalue weighted by Crippen LogP contribution is 2.11. The third-order valence-electron chi connectivity index (χ3n) is 2.42. The average Bonchev–Trinajstić information content (AvgIpc) is 2.63. The SMILES string of the molecule is Cc1nc(CN(C)C(=O)CC(C)CN)cs1. The maximum absolute atomic E-state index is 11.8. The second-order valence-corrected chi connectivity index (χ2v) is 5.21. The van der Waals surface area contributed by atoms with Crippen molar-refractivity contribution in [1.82, 2.24) is 9.88 Å². The summed E-state index contributed by atoms with van der Waals surface area (Å²) in [5.74, 6) is 0.371. The van der Waals surface area contributed by atoms with Gasteiger partial charge in [-0.2, -0.15) is 0 Å². The molecule has 0 radical (unpaired) electrons. The average molecular weight is 241 g/mol. The minimum atomic E-state index is 0.128. The summed E-state index contributed by atoms with van der Waals surface area (Å²) >= 11 is 1.61. The lowest BCUT2D eigenvalue weighted by Crippen LogP contribution is -2.29. The van der Waals surface area contributed by atoms with Crippen LogP contribution >= 0.6 is 11.3 Å². The van der Waals surface area contributed by atoms with E-state index in [1.54, 1.807) is 23.3 Å². The predicted octanol–water partition coefficient (Wildman–Crippen LogP) is 1.39. The monoisotopic (exact) mass is 241 g/mol. The van der Waals surface area contributed by atoms with Crippen LogP contribution < -0.4 is 5.73 Å². The number of carbonyl (C=O) groups excluding carboxylic acids is 1. The lowest BCUT2D eigenvalue weighted by molar-refractivity contribution is -0.131. The number of nitrogens with two attached hydrogens (primary N) is 1. The van der Waals surface area contributed by atoms with Crippen LogP contribution in [0.1, 0.15) is 24.0 Å². The van der Waals surface area contributed by atoms with Crippen LogP contribution in [0.25, 0.3) is 0 Å². The number of nitrogens with zero attached hydrogens (tertiary/aromatic N) is 2. The van der Waals surface area contributed by atoms with Crippen molar-refractivity contribution in [3.63, 3.8) is 0 Å². The van der Waals surface area contributed by atoms with Gasteiger partial charge in [-0.15, -0.1) is 11.3 Å². The first kappa shape index (κ1) is 13.1. The molecule has 1 amide bonds. The molecule has 0 spiro atoms. The smallest absolute Gasteiger partial charge is 0.222 e. The number of aryl methyl sites for hydroxylation is 1. The predicted molar refractivity (Wildman–Crippen MR) is 66.2 cm³/mol. The molecule has 1 rings (SSSR count). The van der Waals surface area contributed by atoms with Gasteiger partial charge in [0.25, 0.3) is 0 Å². The van der Waals surface area contributed by atoms with E-state index in [1.807, 2.05) is 19.2 Å². The van der Waals surface area contributed by atoms with E-state index in [-0.39, 0.29) is 11.8 Å². The van der Waals surface area contributed by atoms with Crippen LogP contribution in [0.5, 0.6) is 0 Å². The van der Waals surface area contributed by atoms with Gasteiger partial charge in [0.05, 0.1) is 17.2 Å². The second-order valence-electron chi connectivity index (χ2n) is 4.15. The Morgan fingerprint density at radius 3 is 2.88 bits per heavy atom. The zero-order valence-corrected chi connectivity index (χ0v) is 10.9. The lowest BCUT2D eigenvalue weighted by Gasteiger charge is -2.17. The van der Waals surface area contributed by atoms with Gasteiger partial charge in [0.15, 0.2) is 0 Å². The summed E-state index contributed by atoms with van der Waals surface area (Å²) in [6.45, 7) is 5.08. The maximum Gasteiger partial charge on any atom is 0.222 e. The van der Waals surface area contributed by atoms with Gasteiger partial charge in [-0.05, 0) is 19.4 Å². The number of hydrogen-bond donors (Lipinski definition) is 1. The van der Waals surface area contributed by atoms with E-state index in [4.69, 9.17) is 5.73 Å². The van der Waals surface area contributed by atoms with Gasteiger partial charge in [0, 0.05) is 18.8 Å². The quantitative estimate of drug-likeness (QED) is 0.847. The molecule has 0 aliphatic carbocycles. The number of amides is 1. The molecular weight excluding hydrogens is 222 g/mol. The van der Waals surface area contributed by atoms with E-state index in [2.05, 4.69) is 4.98 Å². The van der Waals surface area contributed by atoms with E-state index < -0.39 is 0 Å². The summed E-state index contributed by atoms with van der Waals surface area (Å²) in [4.78, 5) is 17.8. The summed E-state index contributed by atoms with van der Waals surface area (Å²) in [6, 6.07) is 0. The summed E-state index contributed by atoms with van der Waals surface area (Å²) in [7, 11) is 1.81. The van der Waals surface area contributed by atoms with Crippen LogP contribution in [-0.2, 0) is 11.3 Å². The Labute approximate surface area is 100 Å². The van der Waals surface area contributed by atoms with Crippen molar-refractivity contribution in [3.8, 4) is 0 Å². The second kappa shape index (κ2) is 5.96. The van der Waals surface area contributed by atoms with Gasteiger partial charge in [0.2, 0.25) is 5.91 Å². The number of thiazole rings is 1. The Kier molecular flexibility index (Phi) is 4.89. The first-order chi connectivity index (χ1) is 7.52. The number of aromatic nitrogens is 1.